The normalized spacial score (nSPS) is 10.5. The number of para-hydroxylation sites is 1. The van der Waals surface area contributed by atoms with Crippen LogP contribution < -0.4 is 5.73 Å². The molecule has 0 bridgehead atoms. The number of rotatable bonds is 5. The zero-order valence-corrected chi connectivity index (χ0v) is 20.0. The molecule has 0 saturated carbocycles. The number of nitrogens with two attached hydrogens (primary N) is 1. The summed E-state index contributed by atoms with van der Waals surface area (Å²) in [4.78, 5) is 19.3. The molecule has 0 atom stereocenters. The second-order valence-corrected chi connectivity index (χ2v) is 7.38. The molecular weight excluding hydrogens is 401 g/mol. The molecule has 1 aromatic heterocycles. The van der Waals surface area contributed by atoms with Gasteiger partial charge in [0.1, 0.15) is 5.82 Å². The Morgan fingerprint density at radius 2 is 1.78 bits per heavy atom. The van der Waals surface area contributed by atoms with Crippen LogP contribution in [0.5, 0.6) is 0 Å². The predicted molar refractivity (Wildman–Crippen MR) is 134 cm³/mol. The van der Waals surface area contributed by atoms with Crippen LogP contribution in [-0.4, -0.2) is 23.7 Å². The van der Waals surface area contributed by atoms with E-state index < -0.39 is 11.7 Å². The summed E-state index contributed by atoms with van der Waals surface area (Å²) in [6, 6.07) is 13.1. The molecule has 0 aliphatic heterocycles. The number of aromatic nitrogens is 1. The van der Waals surface area contributed by atoms with Crippen LogP contribution >= 0.6 is 0 Å². The van der Waals surface area contributed by atoms with Gasteiger partial charge in [-0.2, -0.15) is 0 Å². The van der Waals surface area contributed by atoms with Gasteiger partial charge in [0.15, 0.2) is 0 Å². The van der Waals surface area contributed by atoms with Crippen LogP contribution in [0.2, 0.25) is 0 Å². The van der Waals surface area contributed by atoms with Crippen molar-refractivity contribution in [3.63, 3.8) is 0 Å². The molecule has 0 aliphatic carbocycles. The number of hydrogen-bond donors (Lipinski definition) is 1. The lowest BCUT2D eigenvalue weighted by Gasteiger charge is -2.08. The summed E-state index contributed by atoms with van der Waals surface area (Å²) in [5.41, 5.74) is 10.9. The zero-order valence-electron chi connectivity index (χ0n) is 20.0. The first-order valence-electron chi connectivity index (χ1n) is 10.7. The van der Waals surface area contributed by atoms with Gasteiger partial charge in [-0.3, -0.25) is 14.8 Å². The highest BCUT2D eigenvalue weighted by Crippen LogP contribution is 2.18. The summed E-state index contributed by atoms with van der Waals surface area (Å²) in [6.45, 7) is 13.6. The van der Waals surface area contributed by atoms with E-state index in [1.54, 1.807) is 20.0 Å². The van der Waals surface area contributed by atoms with Crippen molar-refractivity contribution in [2.45, 2.75) is 47.5 Å². The minimum absolute atomic E-state index is 0.199. The quantitative estimate of drug-likeness (QED) is 0.380. The smallest absolute Gasteiger partial charge is 0.248 e. The third-order valence-corrected chi connectivity index (χ3v) is 4.73. The number of carbonyl (C=O) groups excluding carboxylic acids is 1. The summed E-state index contributed by atoms with van der Waals surface area (Å²) >= 11 is 0. The number of hydrogen-bond acceptors (Lipinski definition) is 3. The molecule has 3 aromatic rings. The minimum atomic E-state index is -0.616. The van der Waals surface area contributed by atoms with Gasteiger partial charge in [-0.25, -0.2) is 4.39 Å². The molecule has 2 N–H and O–H groups in total. The van der Waals surface area contributed by atoms with Crippen molar-refractivity contribution in [3.8, 4) is 0 Å². The maximum atomic E-state index is 13.7. The Labute approximate surface area is 191 Å². The van der Waals surface area contributed by atoms with Crippen molar-refractivity contribution < 1.29 is 9.18 Å². The van der Waals surface area contributed by atoms with Crippen LogP contribution in [-0.2, 0) is 12.8 Å². The third kappa shape index (κ3) is 7.73. The molecule has 2 aromatic carbocycles. The second kappa shape index (κ2) is 13.2. The standard InChI is InChI=1S/C13H13N.C12H15FN2O.C2H6/c1-10(2)9-12-6-3-5-11-7-4-8-14-13(11)12;1-7-4-9(12(14)16)6-11(13)10(7)5-8(2)15-3;1-2/h3-8H,1,9H2,2H3;4,6H,5H2,1-3H3,(H2,14,16);1-2H3. The van der Waals surface area contributed by atoms with E-state index in [2.05, 4.69) is 40.8 Å². The molecule has 0 fully saturated rings. The first kappa shape index (κ1) is 26.7. The predicted octanol–water partition coefficient (Wildman–Crippen LogP) is 6.25. The number of allylic oxidation sites excluding steroid dienone is 1. The number of nitrogens with zero attached hydrogens (tertiary/aromatic N) is 2. The van der Waals surface area contributed by atoms with Gasteiger partial charge in [-0.15, -0.1) is 0 Å². The van der Waals surface area contributed by atoms with Crippen molar-refractivity contribution in [2.75, 3.05) is 7.05 Å². The van der Waals surface area contributed by atoms with Crippen molar-refractivity contribution in [2.24, 2.45) is 10.7 Å². The molecule has 0 saturated heterocycles. The molecular formula is C27H34FN3O. The maximum Gasteiger partial charge on any atom is 0.248 e. The molecule has 5 heteroatoms. The number of halogens is 1. The molecule has 3 rings (SSSR count). The van der Waals surface area contributed by atoms with Gasteiger partial charge in [0.25, 0.3) is 0 Å². The average molecular weight is 436 g/mol. The van der Waals surface area contributed by atoms with Crippen molar-refractivity contribution in [1.82, 2.24) is 4.98 Å². The van der Waals surface area contributed by atoms with Crippen molar-refractivity contribution in [3.05, 3.63) is 88.9 Å². The average Bonchev–Trinajstić information content (AvgIpc) is 2.77. The largest absolute Gasteiger partial charge is 0.366 e. The summed E-state index contributed by atoms with van der Waals surface area (Å²) in [5, 5.41) is 1.20. The van der Waals surface area contributed by atoms with E-state index in [1.165, 1.54) is 22.6 Å². The van der Waals surface area contributed by atoms with Gasteiger partial charge in [0, 0.05) is 36.3 Å². The fourth-order valence-corrected chi connectivity index (χ4v) is 3.11. The lowest BCUT2D eigenvalue weighted by atomic mass is 9.99. The summed E-state index contributed by atoms with van der Waals surface area (Å²) < 4.78 is 13.7. The Morgan fingerprint density at radius 1 is 1.12 bits per heavy atom. The zero-order chi connectivity index (χ0) is 24.3. The van der Waals surface area contributed by atoms with E-state index in [-0.39, 0.29) is 5.56 Å². The number of fused-ring (bicyclic) bond motifs is 1. The van der Waals surface area contributed by atoms with E-state index >= 15 is 0 Å². The number of primary amides is 1. The Hall–Kier alpha value is -3.34. The fraction of sp³-hybridized carbons (Fsp3) is 0.296. The van der Waals surface area contributed by atoms with E-state index in [0.29, 0.717) is 12.0 Å². The number of aliphatic imine (C=N–C) groups is 1. The maximum absolute atomic E-state index is 13.7. The summed E-state index contributed by atoms with van der Waals surface area (Å²) in [6.07, 6.45) is 3.20. The van der Waals surface area contributed by atoms with Crippen LogP contribution in [0.4, 0.5) is 4.39 Å². The van der Waals surface area contributed by atoms with E-state index in [9.17, 15) is 9.18 Å². The van der Waals surface area contributed by atoms with Gasteiger partial charge in [-0.1, -0.05) is 50.3 Å². The number of aryl methyl sites for hydroxylation is 1. The Bertz CT molecular complexity index is 1070. The Balaban J connectivity index is 0.000000299. The highest BCUT2D eigenvalue weighted by atomic mass is 19.1. The van der Waals surface area contributed by atoms with Crippen LogP contribution in [0.1, 0.15) is 54.7 Å². The van der Waals surface area contributed by atoms with Gasteiger partial charge < -0.3 is 5.73 Å². The van der Waals surface area contributed by atoms with E-state index in [1.807, 2.05) is 40.0 Å². The van der Waals surface area contributed by atoms with Gasteiger partial charge in [0.2, 0.25) is 5.91 Å². The fourth-order valence-electron chi connectivity index (χ4n) is 3.11. The number of benzene rings is 2. The van der Waals surface area contributed by atoms with Crippen LogP contribution in [0.3, 0.4) is 0 Å². The van der Waals surface area contributed by atoms with Crippen molar-refractivity contribution in [1.29, 1.82) is 0 Å². The number of carbonyl (C=O) groups is 1. The summed E-state index contributed by atoms with van der Waals surface area (Å²) in [5.74, 6) is -1.02. The van der Waals surface area contributed by atoms with E-state index in [0.717, 1.165) is 23.2 Å². The molecule has 0 aliphatic rings. The molecule has 32 heavy (non-hydrogen) atoms. The van der Waals surface area contributed by atoms with Crippen LogP contribution in [0.15, 0.2) is 65.8 Å². The Morgan fingerprint density at radius 3 is 2.34 bits per heavy atom. The number of amides is 1. The Kier molecular flexibility index (Phi) is 11.0. The highest BCUT2D eigenvalue weighted by Gasteiger charge is 2.11. The van der Waals surface area contributed by atoms with Crippen molar-refractivity contribution >= 4 is 22.5 Å². The van der Waals surface area contributed by atoms with Gasteiger partial charge in [0.05, 0.1) is 5.52 Å². The molecule has 0 radical (unpaired) electrons. The molecule has 0 unspecified atom stereocenters. The second-order valence-electron chi connectivity index (χ2n) is 7.38. The highest BCUT2D eigenvalue weighted by molar-refractivity contribution is 5.93. The SMILES string of the molecule is C=C(C)Cc1cccc2cccnc12.CC.CN=C(C)Cc1c(C)cc(C(N)=O)cc1F. The van der Waals surface area contributed by atoms with Gasteiger partial charge in [-0.05, 0) is 62.1 Å². The third-order valence-electron chi connectivity index (χ3n) is 4.73. The molecule has 4 nitrogen and oxygen atoms in total. The topological polar surface area (TPSA) is 68.3 Å². The minimum Gasteiger partial charge on any atom is -0.366 e. The molecule has 1 heterocycles. The lowest BCUT2D eigenvalue weighted by molar-refractivity contribution is 0.0999. The molecule has 1 amide bonds. The van der Waals surface area contributed by atoms with Crippen LogP contribution in [0.25, 0.3) is 10.9 Å². The molecule has 0 spiro atoms. The van der Waals surface area contributed by atoms with Crippen LogP contribution in [0, 0.1) is 12.7 Å². The van der Waals surface area contributed by atoms with E-state index in [4.69, 9.17) is 5.73 Å². The van der Waals surface area contributed by atoms with Gasteiger partial charge >= 0.3 is 0 Å². The lowest BCUT2D eigenvalue weighted by Crippen LogP contribution is -2.13. The first-order valence-corrected chi connectivity index (χ1v) is 10.7. The first-order chi connectivity index (χ1) is 15.2. The monoisotopic (exact) mass is 435 g/mol. The molecule has 170 valence electrons. The summed E-state index contributed by atoms with van der Waals surface area (Å²) in [7, 11) is 1.67. The number of pyridine rings is 1.